The lowest BCUT2D eigenvalue weighted by Crippen LogP contribution is -2.36. The summed E-state index contributed by atoms with van der Waals surface area (Å²) in [4.78, 5) is 7.82. The van der Waals surface area contributed by atoms with Crippen LogP contribution in [0.3, 0.4) is 0 Å². The van der Waals surface area contributed by atoms with Crippen LogP contribution in [0.1, 0.15) is 10.4 Å². The Morgan fingerprint density at radius 3 is 2.61 bits per heavy atom. The van der Waals surface area contributed by atoms with Gasteiger partial charge in [0.2, 0.25) is 0 Å². The molecule has 2 heterocycles. The lowest BCUT2D eigenvalue weighted by molar-refractivity contribution is -0.137. The van der Waals surface area contributed by atoms with Crippen LogP contribution in [0.2, 0.25) is 0 Å². The Labute approximate surface area is 198 Å². The van der Waals surface area contributed by atoms with E-state index in [2.05, 4.69) is 20.7 Å². The van der Waals surface area contributed by atoms with E-state index in [1.807, 2.05) is 30.3 Å². The van der Waals surface area contributed by atoms with Crippen molar-refractivity contribution in [3.8, 4) is 11.3 Å². The number of ether oxygens (including phenoxy) is 1. The largest absolute Gasteiger partial charge is 0.416 e. The molecule has 0 atom stereocenters. The molecule has 0 amide bonds. The fourth-order valence-corrected chi connectivity index (χ4v) is 4.36. The Balaban J connectivity index is 1.48. The zero-order valence-corrected chi connectivity index (χ0v) is 18.9. The van der Waals surface area contributed by atoms with E-state index in [1.54, 1.807) is 6.21 Å². The van der Waals surface area contributed by atoms with Gasteiger partial charge >= 0.3 is 6.18 Å². The van der Waals surface area contributed by atoms with Gasteiger partial charge in [-0.3, -0.25) is 5.43 Å². The van der Waals surface area contributed by atoms with Gasteiger partial charge < -0.3 is 15.0 Å². The van der Waals surface area contributed by atoms with E-state index in [-0.39, 0.29) is 10.8 Å². The summed E-state index contributed by atoms with van der Waals surface area (Å²) >= 11 is 6.67. The van der Waals surface area contributed by atoms with E-state index in [0.29, 0.717) is 13.2 Å². The Bertz CT molecular complexity index is 1130. The molecule has 1 aliphatic rings. The Morgan fingerprint density at radius 2 is 1.88 bits per heavy atom. The Kier molecular flexibility index (Phi) is 7.21. The van der Waals surface area contributed by atoms with Gasteiger partial charge in [0.05, 0.1) is 35.6 Å². The van der Waals surface area contributed by atoms with Gasteiger partial charge in [0.15, 0.2) is 10.2 Å². The van der Waals surface area contributed by atoms with Crippen molar-refractivity contribution in [2.24, 2.45) is 5.10 Å². The second-order valence-corrected chi connectivity index (χ2v) is 8.49. The van der Waals surface area contributed by atoms with Crippen molar-refractivity contribution in [2.75, 3.05) is 36.5 Å². The standard InChI is InChI=1S/C22H20F3N5OS2/c23-22(24,25)16-7-4-8-17(13-16)27-20(32)29-26-14-18-19(15-5-2-1-3-6-15)28-21(33-18)30-9-11-31-12-10-30/h1-8,13-14H,9-12H2,(H2,27,29,32)/b26-14-. The van der Waals surface area contributed by atoms with E-state index in [0.717, 1.165) is 46.5 Å². The SMILES string of the molecule is FC(F)(F)c1cccc(NC(=S)N/N=C\c2sc(N3CCOCC3)nc2-c2ccccc2)c1. The minimum atomic E-state index is -4.43. The number of anilines is 2. The number of hydrogen-bond acceptors (Lipinski definition) is 6. The summed E-state index contributed by atoms with van der Waals surface area (Å²) in [7, 11) is 0. The molecule has 1 aromatic heterocycles. The van der Waals surface area contributed by atoms with Gasteiger partial charge in [-0.05, 0) is 30.4 Å². The van der Waals surface area contributed by atoms with Gasteiger partial charge in [0.1, 0.15) is 0 Å². The van der Waals surface area contributed by atoms with Crippen LogP contribution in [0.15, 0.2) is 59.7 Å². The monoisotopic (exact) mass is 491 g/mol. The molecule has 3 aromatic rings. The predicted octanol–water partition coefficient (Wildman–Crippen LogP) is 4.99. The summed E-state index contributed by atoms with van der Waals surface area (Å²) in [6.07, 6.45) is -2.81. The fourth-order valence-electron chi connectivity index (χ4n) is 3.18. The molecule has 4 rings (SSSR count). The fraction of sp³-hybridized carbons (Fsp3) is 0.227. The molecule has 0 bridgehead atoms. The third kappa shape index (κ3) is 6.06. The molecule has 172 valence electrons. The maximum Gasteiger partial charge on any atom is 0.416 e. The predicted molar refractivity (Wildman–Crippen MR) is 129 cm³/mol. The number of morpholine rings is 1. The average Bonchev–Trinajstić information content (AvgIpc) is 3.24. The highest BCUT2D eigenvalue weighted by Gasteiger charge is 2.30. The highest BCUT2D eigenvalue weighted by Crippen LogP contribution is 2.33. The van der Waals surface area contributed by atoms with Gasteiger partial charge in [-0.25, -0.2) is 4.98 Å². The van der Waals surface area contributed by atoms with Crippen LogP contribution in [0.5, 0.6) is 0 Å². The molecule has 0 aliphatic carbocycles. The van der Waals surface area contributed by atoms with Gasteiger partial charge in [-0.1, -0.05) is 47.7 Å². The van der Waals surface area contributed by atoms with Crippen LogP contribution >= 0.6 is 23.6 Å². The van der Waals surface area contributed by atoms with Crippen LogP contribution in [0, 0.1) is 0 Å². The molecule has 1 saturated heterocycles. The molecule has 0 radical (unpaired) electrons. The third-order valence-electron chi connectivity index (χ3n) is 4.77. The second-order valence-electron chi connectivity index (χ2n) is 7.08. The summed E-state index contributed by atoms with van der Waals surface area (Å²) in [5, 5.41) is 7.85. The smallest absolute Gasteiger partial charge is 0.378 e. The Hall–Kier alpha value is -3.02. The summed E-state index contributed by atoms with van der Waals surface area (Å²) in [6, 6.07) is 14.6. The molecule has 2 N–H and O–H groups in total. The second kappa shape index (κ2) is 10.3. The van der Waals surface area contributed by atoms with E-state index in [4.69, 9.17) is 21.9 Å². The van der Waals surface area contributed by atoms with Crippen LogP contribution in [0.25, 0.3) is 11.3 Å². The summed E-state index contributed by atoms with van der Waals surface area (Å²) in [6.45, 7) is 2.84. The van der Waals surface area contributed by atoms with Crippen molar-refractivity contribution >= 4 is 45.7 Å². The zero-order chi connectivity index (χ0) is 23.3. The van der Waals surface area contributed by atoms with Crippen molar-refractivity contribution in [3.63, 3.8) is 0 Å². The number of aromatic nitrogens is 1. The van der Waals surface area contributed by atoms with Crippen molar-refractivity contribution in [1.82, 2.24) is 10.4 Å². The Morgan fingerprint density at radius 1 is 1.12 bits per heavy atom. The van der Waals surface area contributed by atoms with Crippen molar-refractivity contribution in [3.05, 3.63) is 65.0 Å². The zero-order valence-electron chi connectivity index (χ0n) is 17.3. The molecular formula is C22H20F3N5OS2. The van der Waals surface area contributed by atoms with Crippen molar-refractivity contribution in [1.29, 1.82) is 0 Å². The maximum absolute atomic E-state index is 12.9. The minimum Gasteiger partial charge on any atom is -0.378 e. The molecular weight excluding hydrogens is 471 g/mol. The third-order valence-corrected chi connectivity index (χ3v) is 6.01. The quantitative estimate of drug-likeness (QED) is 0.298. The number of alkyl halides is 3. The molecule has 1 aliphatic heterocycles. The first-order valence-corrected chi connectivity index (χ1v) is 11.3. The van der Waals surface area contributed by atoms with Crippen molar-refractivity contribution < 1.29 is 17.9 Å². The topological polar surface area (TPSA) is 61.8 Å². The maximum atomic E-state index is 12.9. The highest BCUT2D eigenvalue weighted by atomic mass is 32.1. The van der Waals surface area contributed by atoms with E-state index >= 15 is 0 Å². The first-order valence-electron chi connectivity index (χ1n) is 10.1. The molecule has 6 nitrogen and oxygen atoms in total. The normalized spacial score (nSPS) is 14.5. The van der Waals surface area contributed by atoms with Gasteiger partial charge in [0.25, 0.3) is 0 Å². The molecule has 0 spiro atoms. The number of nitrogens with one attached hydrogen (secondary N) is 2. The molecule has 0 saturated carbocycles. The van der Waals surface area contributed by atoms with Gasteiger partial charge in [0, 0.05) is 24.3 Å². The lowest BCUT2D eigenvalue weighted by Gasteiger charge is -2.26. The van der Waals surface area contributed by atoms with Gasteiger partial charge in [-0.15, -0.1) is 0 Å². The summed E-state index contributed by atoms with van der Waals surface area (Å²) in [5.41, 5.74) is 3.87. The number of rotatable bonds is 5. The number of thiazole rings is 1. The van der Waals surface area contributed by atoms with Gasteiger partial charge in [-0.2, -0.15) is 18.3 Å². The van der Waals surface area contributed by atoms with Crippen LogP contribution < -0.4 is 15.6 Å². The number of thiocarbonyl (C=S) groups is 1. The number of hydrogen-bond donors (Lipinski definition) is 2. The molecule has 33 heavy (non-hydrogen) atoms. The van der Waals surface area contributed by atoms with E-state index in [9.17, 15) is 13.2 Å². The summed E-state index contributed by atoms with van der Waals surface area (Å²) in [5.74, 6) is 0. The average molecular weight is 492 g/mol. The first kappa shape index (κ1) is 23.1. The highest BCUT2D eigenvalue weighted by molar-refractivity contribution is 7.80. The number of halogens is 3. The number of benzene rings is 2. The molecule has 0 unspecified atom stereocenters. The first-order chi connectivity index (χ1) is 15.9. The van der Waals surface area contributed by atoms with E-state index < -0.39 is 11.7 Å². The summed E-state index contributed by atoms with van der Waals surface area (Å²) < 4.78 is 44.1. The van der Waals surface area contributed by atoms with E-state index in [1.165, 1.54) is 23.5 Å². The minimum absolute atomic E-state index is 0.0738. The van der Waals surface area contributed by atoms with Crippen LogP contribution in [-0.2, 0) is 10.9 Å². The number of hydrazone groups is 1. The number of nitrogens with zero attached hydrogens (tertiary/aromatic N) is 3. The molecule has 11 heteroatoms. The van der Waals surface area contributed by atoms with Crippen LogP contribution in [0.4, 0.5) is 24.0 Å². The molecule has 2 aromatic carbocycles. The van der Waals surface area contributed by atoms with Crippen LogP contribution in [-0.4, -0.2) is 42.6 Å². The van der Waals surface area contributed by atoms with Crippen molar-refractivity contribution in [2.45, 2.75) is 6.18 Å². The lowest BCUT2D eigenvalue weighted by atomic mass is 10.1. The molecule has 1 fully saturated rings.